The maximum absolute atomic E-state index is 13.1. The molecule has 0 saturated heterocycles. The first kappa shape index (κ1) is 14.3. The van der Waals surface area contributed by atoms with Gasteiger partial charge < -0.3 is 10.3 Å². The lowest BCUT2D eigenvalue weighted by molar-refractivity contribution is -0.140. The number of aromatic nitrogens is 2. The number of rotatable bonds is 3. The van der Waals surface area contributed by atoms with Gasteiger partial charge in [0, 0.05) is 11.3 Å². The zero-order chi connectivity index (χ0) is 16.1. The van der Waals surface area contributed by atoms with Crippen LogP contribution >= 0.6 is 0 Å². The van der Waals surface area contributed by atoms with Gasteiger partial charge in [-0.15, -0.1) is 0 Å². The summed E-state index contributed by atoms with van der Waals surface area (Å²) in [5, 5.41) is 3.23. The van der Waals surface area contributed by atoms with Gasteiger partial charge in [-0.2, -0.15) is 0 Å². The van der Waals surface area contributed by atoms with Crippen molar-refractivity contribution in [2.45, 2.75) is 38.5 Å². The molecule has 124 valence electrons. The molecule has 4 saturated carbocycles. The number of amides is 1. The second-order valence-corrected chi connectivity index (χ2v) is 8.20. The van der Waals surface area contributed by atoms with Crippen molar-refractivity contribution in [2.24, 2.45) is 23.2 Å². The van der Waals surface area contributed by atoms with E-state index in [0.29, 0.717) is 0 Å². The van der Waals surface area contributed by atoms with Crippen LogP contribution in [0.3, 0.4) is 0 Å². The summed E-state index contributed by atoms with van der Waals surface area (Å²) in [6.07, 6.45) is 10.9. The third-order valence-electron chi connectivity index (χ3n) is 6.45. The summed E-state index contributed by atoms with van der Waals surface area (Å²) in [7, 11) is 0. The van der Waals surface area contributed by atoms with Gasteiger partial charge >= 0.3 is 0 Å². The number of aromatic amines is 1. The average Bonchev–Trinajstić information content (AvgIpc) is 3.08. The highest BCUT2D eigenvalue weighted by atomic mass is 16.2. The predicted molar refractivity (Wildman–Crippen MR) is 93.3 cm³/mol. The number of nitrogens with zero attached hydrogens (tertiary/aromatic N) is 1. The molecule has 4 heteroatoms. The molecule has 6 rings (SSSR count). The van der Waals surface area contributed by atoms with Crippen molar-refractivity contribution in [1.29, 1.82) is 0 Å². The van der Waals surface area contributed by atoms with Gasteiger partial charge in [-0.05, 0) is 68.4 Å². The molecule has 4 aliphatic carbocycles. The second-order valence-electron chi connectivity index (χ2n) is 8.20. The highest BCUT2D eigenvalue weighted by Gasteiger charge is 2.54. The van der Waals surface area contributed by atoms with Crippen LogP contribution in [0.1, 0.15) is 38.5 Å². The largest absolute Gasteiger partial charge is 0.345 e. The molecule has 0 spiro atoms. The van der Waals surface area contributed by atoms with Crippen molar-refractivity contribution in [1.82, 2.24) is 9.97 Å². The molecule has 1 aromatic heterocycles. The number of anilines is 1. The van der Waals surface area contributed by atoms with E-state index in [2.05, 4.69) is 15.3 Å². The Labute approximate surface area is 142 Å². The number of H-pyrrole nitrogens is 1. The number of nitrogens with one attached hydrogen (secondary N) is 2. The fraction of sp³-hybridized carbons (Fsp3) is 0.500. The van der Waals surface area contributed by atoms with Gasteiger partial charge in [0.25, 0.3) is 0 Å². The minimum atomic E-state index is -0.0985. The fourth-order valence-corrected chi connectivity index (χ4v) is 5.83. The highest BCUT2D eigenvalue weighted by Crippen LogP contribution is 2.60. The number of imidazole rings is 1. The van der Waals surface area contributed by atoms with E-state index >= 15 is 0 Å². The Kier molecular flexibility index (Phi) is 3.09. The van der Waals surface area contributed by atoms with E-state index in [4.69, 9.17) is 0 Å². The van der Waals surface area contributed by atoms with Crippen molar-refractivity contribution in [3.05, 3.63) is 36.8 Å². The van der Waals surface area contributed by atoms with Crippen LogP contribution in [0.4, 0.5) is 5.69 Å². The van der Waals surface area contributed by atoms with Gasteiger partial charge in [-0.3, -0.25) is 4.79 Å². The normalized spacial score (nSPS) is 33.6. The smallest absolute Gasteiger partial charge is 0.230 e. The minimum absolute atomic E-state index is 0.0985. The molecule has 1 aromatic carbocycles. The lowest BCUT2D eigenvalue weighted by Crippen LogP contribution is -2.51. The van der Waals surface area contributed by atoms with Gasteiger partial charge in [0.2, 0.25) is 5.91 Å². The molecule has 1 amide bonds. The maximum Gasteiger partial charge on any atom is 0.230 e. The SMILES string of the molecule is O=C(Nc1cccc(-c2cnc[nH]2)c1)C12CC3CC(CC(C3)C1)C2. The summed E-state index contributed by atoms with van der Waals surface area (Å²) < 4.78 is 0. The van der Waals surface area contributed by atoms with Crippen LogP contribution in [0.2, 0.25) is 0 Å². The Morgan fingerprint density at radius 2 is 1.83 bits per heavy atom. The van der Waals surface area contributed by atoms with E-state index in [1.54, 1.807) is 12.5 Å². The summed E-state index contributed by atoms with van der Waals surface area (Å²) in [6, 6.07) is 8.05. The molecule has 1 heterocycles. The number of carbonyl (C=O) groups excluding carboxylic acids is 1. The number of benzene rings is 1. The third kappa shape index (κ3) is 2.27. The highest BCUT2D eigenvalue weighted by molar-refractivity contribution is 5.96. The molecule has 24 heavy (non-hydrogen) atoms. The molecule has 0 atom stereocenters. The quantitative estimate of drug-likeness (QED) is 0.888. The molecular formula is C20H23N3O. The monoisotopic (exact) mass is 321 g/mol. The Morgan fingerprint density at radius 3 is 2.46 bits per heavy atom. The van der Waals surface area contributed by atoms with Crippen LogP contribution in [0.25, 0.3) is 11.3 Å². The van der Waals surface area contributed by atoms with Crippen LogP contribution in [-0.4, -0.2) is 15.9 Å². The molecule has 4 fully saturated rings. The lowest BCUT2D eigenvalue weighted by Gasteiger charge is -2.55. The van der Waals surface area contributed by atoms with E-state index in [9.17, 15) is 4.79 Å². The topological polar surface area (TPSA) is 57.8 Å². The number of hydrogen-bond donors (Lipinski definition) is 2. The molecule has 2 aromatic rings. The average molecular weight is 321 g/mol. The summed E-state index contributed by atoms with van der Waals surface area (Å²) in [6.45, 7) is 0. The lowest BCUT2D eigenvalue weighted by atomic mass is 9.49. The predicted octanol–water partition coefficient (Wildman–Crippen LogP) is 4.23. The van der Waals surface area contributed by atoms with Crippen molar-refractivity contribution < 1.29 is 4.79 Å². The summed E-state index contributed by atoms with van der Waals surface area (Å²) in [5.74, 6) is 2.62. The van der Waals surface area contributed by atoms with Gasteiger partial charge in [-0.1, -0.05) is 12.1 Å². The van der Waals surface area contributed by atoms with Gasteiger partial charge in [-0.25, -0.2) is 4.98 Å². The second kappa shape index (κ2) is 5.20. The maximum atomic E-state index is 13.1. The Morgan fingerprint density at radius 1 is 1.12 bits per heavy atom. The van der Waals surface area contributed by atoms with Crippen molar-refractivity contribution in [2.75, 3.05) is 5.32 Å². The van der Waals surface area contributed by atoms with E-state index in [0.717, 1.165) is 54.0 Å². The van der Waals surface area contributed by atoms with Crippen LogP contribution in [0.5, 0.6) is 0 Å². The van der Waals surface area contributed by atoms with Crippen LogP contribution in [0, 0.1) is 23.2 Å². The molecule has 4 bridgehead atoms. The van der Waals surface area contributed by atoms with Gasteiger partial charge in [0.15, 0.2) is 0 Å². The number of hydrogen-bond acceptors (Lipinski definition) is 2. The summed E-state index contributed by atoms with van der Waals surface area (Å²) in [5.41, 5.74) is 2.82. The zero-order valence-electron chi connectivity index (χ0n) is 13.8. The Bertz CT molecular complexity index is 730. The van der Waals surface area contributed by atoms with Crippen LogP contribution in [0.15, 0.2) is 36.8 Å². The summed E-state index contributed by atoms with van der Waals surface area (Å²) >= 11 is 0. The molecule has 0 radical (unpaired) electrons. The molecular weight excluding hydrogens is 298 g/mol. The van der Waals surface area contributed by atoms with Gasteiger partial charge in [0.05, 0.1) is 23.6 Å². The Hall–Kier alpha value is -2.10. The Balaban J connectivity index is 1.38. The van der Waals surface area contributed by atoms with Crippen molar-refractivity contribution in [3.8, 4) is 11.3 Å². The first-order chi connectivity index (χ1) is 11.7. The molecule has 4 nitrogen and oxygen atoms in total. The minimum Gasteiger partial charge on any atom is -0.345 e. The molecule has 0 aliphatic heterocycles. The number of carbonyl (C=O) groups is 1. The van der Waals surface area contributed by atoms with E-state index < -0.39 is 0 Å². The molecule has 4 aliphatic rings. The van der Waals surface area contributed by atoms with Crippen LogP contribution < -0.4 is 5.32 Å². The van der Waals surface area contributed by atoms with E-state index in [1.165, 1.54) is 19.3 Å². The zero-order valence-corrected chi connectivity index (χ0v) is 13.8. The molecule has 2 N–H and O–H groups in total. The van der Waals surface area contributed by atoms with Crippen LogP contribution in [-0.2, 0) is 4.79 Å². The van der Waals surface area contributed by atoms with E-state index in [1.807, 2.05) is 24.3 Å². The van der Waals surface area contributed by atoms with E-state index in [-0.39, 0.29) is 11.3 Å². The standard InChI is InChI=1S/C20H23N3O/c24-19(20-8-13-4-14(9-20)6-15(5-13)10-20)23-17-3-1-2-16(7-17)18-11-21-12-22-18/h1-3,7,11-15H,4-6,8-10H2,(H,21,22)(H,23,24). The van der Waals surface area contributed by atoms with Crippen molar-refractivity contribution >= 4 is 11.6 Å². The van der Waals surface area contributed by atoms with Gasteiger partial charge in [0.1, 0.15) is 0 Å². The third-order valence-corrected chi connectivity index (χ3v) is 6.45. The first-order valence-corrected chi connectivity index (χ1v) is 9.10. The first-order valence-electron chi connectivity index (χ1n) is 9.10. The summed E-state index contributed by atoms with van der Waals surface area (Å²) in [4.78, 5) is 20.3. The molecule has 0 unspecified atom stereocenters. The fourth-order valence-electron chi connectivity index (χ4n) is 5.83. The van der Waals surface area contributed by atoms with Crippen molar-refractivity contribution in [3.63, 3.8) is 0 Å².